The van der Waals surface area contributed by atoms with Crippen molar-refractivity contribution in [2.75, 3.05) is 0 Å². The minimum atomic E-state index is 0.706. The SMILES string of the molecule is BrCc1nc2c3ccccc3c3ccccc3c2nc1CBr. The van der Waals surface area contributed by atoms with Crippen molar-refractivity contribution in [1.29, 1.82) is 0 Å². The molecule has 22 heavy (non-hydrogen) atoms. The van der Waals surface area contributed by atoms with E-state index < -0.39 is 0 Å². The fourth-order valence-corrected chi connectivity index (χ4v) is 3.84. The van der Waals surface area contributed by atoms with Gasteiger partial charge in [0.25, 0.3) is 0 Å². The second kappa shape index (κ2) is 5.60. The highest BCUT2D eigenvalue weighted by atomic mass is 79.9. The van der Waals surface area contributed by atoms with Crippen molar-refractivity contribution in [3.8, 4) is 0 Å². The van der Waals surface area contributed by atoms with Gasteiger partial charge in [0.2, 0.25) is 0 Å². The van der Waals surface area contributed by atoms with Gasteiger partial charge < -0.3 is 0 Å². The van der Waals surface area contributed by atoms with Crippen LogP contribution in [0.2, 0.25) is 0 Å². The first kappa shape index (κ1) is 14.1. The van der Waals surface area contributed by atoms with Crippen LogP contribution >= 0.6 is 31.9 Å². The number of hydrogen-bond donors (Lipinski definition) is 0. The van der Waals surface area contributed by atoms with Gasteiger partial charge in [0, 0.05) is 21.4 Å². The molecule has 3 aromatic carbocycles. The van der Waals surface area contributed by atoms with Gasteiger partial charge in [-0.05, 0) is 10.8 Å². The maximum atomic E-state index is 4.90. The first-order valence-corrected chi connectivity index (χ1v) is 9.28. The van der Waals surface area contributed by atoms with E-state index in [9.17, 15) is 0 Å². The minimum absolute atomic E-state index is 0.706. The van der Waals surface area contributed by atoms with E-state index in [4.69, 9.17) is 9.97 Å². The average Bonchev–Trinajstić information content (AvgIpc) is 2.60. The lowest BCUT2D eigenvalue weighted by Crippen LogP contribution is -1.99. The molecule has 1 aromatic heterocycles. The number of aromatic nitrogens is 2. The average molecular weight is 416 g/mol. The van der Waals surface area contributed by atoms with Gasteiger partial charge >= 0.3 is 0 Å². The molecule has 108 valence electrons. The van der Waals surface area contributed by atoms with Gasteiger partial charge in [0.1, 0.15) is 0 Å². The topological polar surface area (TPSA) is 25.8 Å². The van der Waals surface area contributed by atoms with Crippen molar-refractivity contribution < 1.29 is 0 Å². The van der Waals surface area contributed by atoms with Gasteiger partial charge in [0.05, 0.1) is 22.4 Å². The lowest BCUT2D eigenvalue weighted by molar-refractivity contribution is 1.09. The summed E-state index contributed by atoms with van der Waals surface area (Å²) in [4.78, 5) is 9.81. The van der Waals surface area contributed by atoms with Crippen LogP contribution in [0.5, 0.6) is 0 Å². The van der Waals surface area contributed by atoms with Crippen LogP contribution in [0.1, 0.15) is 11.4 Å². The van der Waals surface area contributed by atoms with Crippen LogP contribution in [0.25, 0.3) is 32.6 Å². The van der Waals surface area contributed by atoms with Crippen molar-refractivity contribution in [1.82, 2.24) is 9.97 Å². The zero-order valence-electron chi connectivity index (χ0n) is 11.7. The summed E-state index contributed by atoms with van der Waals surface area (Å²) in [5.41, 5.74) is 3.94. The second-order valence-electron chi connectivity index (χ2n) is 5.17. The molecule has 0 radical (unpaired) electrons. The van der Waals surface area contributed by atoms with Crippen LogP contribution < -0.4 is 0 Å². The molecule has 2 nitrogen and oxygen atoms in total. The Bertz CT molecular complexity index is 930. The maximum Gasteiger partial charge on any atom is 0.0975 e. The molecule has 4 rings (SSSR count). The van der Waals surface area contributed by atoms with Gasteiger partial charge in [-0.1, -0.05) is 80.4 Å². The first-order chi connectivity index (χ1) is 10.8. The molecule has 0 fully saturated rings. The highest BCUT2D eigenvalue weighted by Gasteiger charge is 2.13. The normalized spacial score (nSPS) is 11.5. The Morgan fingerprint density at radius 3 is 1.32 bits per heavy atom. The van der Waals surface area contributed by atoms with Crippen LogP contribution in [0.15, 0.2) is 48.5 Å². The Kier molecular flexibility index (Phi) is 3.59. The van der Waals surface area contributed by atoms with E-state index in [2.05, 4.69) is 80.4 Å². The van der Waals surface area contributed by atoms with Gasteiger partial charge in [-0.15, -0.1) is 0 Å². The molecular weight excluding hydrogens is 404 g/mol. The molecule has 0 aliphatic carbocycles. The fourth-order valence-electron chi connectivity index (χ4n) is 2.94. The Labute approximate surface area is 144 Å². The summed E-state index contributed by atoms with van der Waals surface area (Å²) in [5.74, 6) is 0. The number of alkyl halides is 2. The first-order valence-electron chi connectivity index (χ1n) is 7.04. The third-order valence-corrected chi connectivity index (χ3v) is 5.02. The highest BCUT2D eigenvalue weighted by molar-refractivity contribution is 9.09. The predicted molar refractivity (Wildman–Crippen MR) is 99.8 cm³/mol. The Morgan fingerprint density at radius 2 is 0.955 bits per heavy atom. The summed E-state index contributed by atoms with van der Waals surface area (Å²) in [6, 6.07) is 16.8. The monoisotopic (exact) mass is 414 g/mol. The van der Waals surface area contributed by atoms with E-state index in [1.165, 1.54) is 10.8 Å². The fraction of sp³-hybridized carbons (Fsp3) is 0.111. The molecular formula is C18H12Br2N2. The van der Waals surface area contributed by atoms with Crippen molar-refractivity contribution >= 4 is 64.4 Å². The number of fused-ring (bicyclic) bond motifs is 6. The molecule has 0 amide bonds. The van der Waals surface area contributed by atoms with Crippen LogP contribution in [-0.4, -0.2) is 9.97 Å². The van der Waals surface area contributed by atoms with E-state index >= 15 is 0 Å². The Morgan fingerprint density at radius 1 is 0.591 bits per heavy atom. The smallest absolute Gasteiger partial charge is 0.0975 e. The van der Waals surface area contributed by atoms with Crippen molar-refractivity contribution in [2.45, 2.75) is 10.7 Å². The van der Waals surface area contributed by atoms with Crippen LogP contribution in [0.4, 0.5) is 0 Å². The number of nitrogens with zero attached hydrogens (tertiary/aromatic N) is 2. The molecule has 0 aliphatic heterocycles. The van der Waals surface area contributed by atoms with Gasteiger partial charge in [0.15, 0.2) is 0 Å². The number of halogens is 2. The molecule has 0 aliphatic rings. The molecule has 0 saturated heterocycles. The predicted octanol–water partition coefficient (Wildman–Crippen LogP) is 5.73. The van der Waals surface area contributed by atoms with Gasteiger partial charge in [-0.25, -0.2) is 9.97 Å². The summed E-state index contributed by atoms with van der Waals surface area (Å²) >= 11 is 7.05. The second-order valence-corrected chi connectivity index (χ2v) is 6.29. The maximum absolute atomic E-state index is 4.90. The third-order valence-electron chi connectivity index (χ3n) is 3.96. The van der Waals surface area contributed by atoms with E-state index in [-0.39, 0.29) is 0 Å². The molecule has 0 unspecified atom stereocenters. The lowest BCUT2D eigenvalue weighted by Gasteiger charge is -2.11. The van der Waals surface area contributed by atoms with E-state index in [0.717, 1.165) is 33.2 Å². The van der Waals surface area contributed by atoms with E-state index in [1.54, 1.807) is 0 Å². The molecule has 0 bridgehead atoms. The van der Waals surface area contributed by atoms with Crippen molar-refractivity contribution in [3.63, 3.8) is 0 Å². The Hall–Kier alpha value is -1.52. The van der Waals surface area contributed by atoms with Crippen LogP contribution in [-0.2, 0) is 10.7 Å². The molecule has 4 heteroatoms. The number of benzene rings is 3. The zero-order valence-corrected chi connectivity index (χ0v) is 14.9. The van der Waals surface area contributed by atoms with Crippen molar-refractivity contribution in [3.05, 3.63) is 59.9 Å². The Balaban J connectivity index is 2.32. The summed E-state index contributed by atoms with van der Waals surface area (Å²) < 4.78 is 0. The third kappa shape index (κ3) is 2.05. The zero-order chi connectivity index (χ0) is 15.1. The molecule has 0 saturated carbocycles. The van der Waals surface area contributed by atoms with Gasteiger partial charge in [-0.2, -0.15) is 0 Å². The van der Waals surface area contributed by atoms with Crippen LogP contribution in [0.3, 0.4) is 0 Å². The lowest BCUT2D eigenvalue weighted by atomic mass is 9.99. The summed E-state index contributed by atoms with van der Waals surface area (Å²) in [6.07, 6.45) is 0. The minimum Gasteiger partial charge on any atom is -0.248 e. The summed E-state index contributed by atoms with van der Waals surface area (Å²) in [6.45, 7) is 0. The largest absolute Gasteiger partial charge is 0.248 e. The van der Waals surface area contributed by atoms with Crippen LogP contribution in [0, 0.1) is 0 Å². The molecule has 1 heterocycles. The quantitative estimate of drug-likeness (QED) is 0.308. The molecule has 4 aromatic rings. The number of hydrogen-bond acceptors (Lipinski definition) is 2. The standard InChI is InChI=1S/C18H12Br2N2/c19-9-15-16(10-20)22-18-14-8-4-2-6-12(14)11-5-1-3-7-13(11)17(18)21-15/h1-8H,9-10H2. The van der Waals surface area contributed by atoms with E-state index in [0.29, 0.717) is 10.7 Å². The summed E-state index contributed by atoms with van der Waals surface area (Å²) in [5, 5.41) is 6.19. The van der Waals surface area contributed by atoms with E-state index in [1.807, 2.05) is 0 Å². The van der Waals surface area contributed by atoms with Crippen molar-refractivity contribution in [2.24, 2.45) is 0 Å². The number of rotatable bonds is 2. The molecule has 0 spiro atoms. The summed E-state index contributed by atoms with van der Waals surface area (Å²) in [7, 11) is 0. The van der Waals surface area contributed by atoms with Gasteiger partial charge in [-0.3, -0.25) is 0 Å². The molecule has 0 atom stereocenters. The molecule has 0 N–H and O–H groups in total. The highest BCUT2D eigenvalue weighted by Crippen LogP contribution is 2.33.